The van der Waals surface area contributed by atoms with Gasteiger partial charge in [-0.15, -0.1) is 0 Å². The first-order valence-electron chi connectivity index (χ1n) is 4.49. The van der Waals surface area contributed by atoms with E-state index in [9.17, 15) is 4.79 Å². The lowest BCUT2D eigenvalue weighted by molar-refractivity contribution is 0.220. The molecule has 1 saturated heterocycles. The highest BCUT2D eigenvalue weighted by Crippen LogP contribution is 2.23. The SMILES string of the molecule is CN1CCCC(c2nc(=O)[nH]o2)C1. The Kier molecular flexibility index (Phi) is 2.18. The summed E-state index contributed by atoms with van der Waals surface area (Å²) in [5.41, 5.74) is -0.386. The van der Waals surface area contributed by atoms with Crippen molar-refractivity contribution in [2.75, 3.05) is 20.1 Å². The second kappa shape index (κ2) is 3.33. The van der Waals surface area contributed by atoms with E-state index in [1.54, 1.807) is 0 Å². The molecule has 2 heterocycles. The summed E-state index contributed by atoms with van der Waals surface area (Å²) >= 11 is 0. The van der Waals surface area contributed by atoms with Gasteiger partial charge in [0.05, 0.1) is 5.92 Å². The summed E-state index contributed by atoms with van der Waals surface area (Å²) in [6, 6.07) is 0. The Labute approximate surface area is 75.7 Å². The van der Waals surface area contributed by atoms with Crippen LogP contribution in [-0.2, 0) is 0 Å². The van der Waals surface area contributed by atoms with Crippen LogP contribution in [0.3, 0.4) is 0 Å². The number of piperidine rings is 1. The molecule has 1 aromatic heterocycles. The number of nitrogens with zero attached hydrogens (tertiary/aromatic N) is 2. The van der Waals surface area contributed by atoms with Gasteiger partial charge in [0, 0.05) is 6.54 Å². The Morgan fingerprint density at radius 1 is 1.69 bits per heavy atom. The molecule has 0 saturated carbocycles. The fourth-order valence-electron chi connectivity index (χ4n) is 1.78. The molecule has 1 aromatic rings. The van der Waals surface area contributed by atoms with E-state index in [-0.39, 0.29) is 11.6 Å². The van der Waals surface area contributed by atoms with E-state index in [0.717, 1.165) is 25.9 Å². The molecule has 5 heteroatoms. The van der Waals surface area contributed by atoms with Crippen molar-refractivity contribution in [3.63, 3.8) is 0 Å². The monoisotopic (exact) mass is 183 g/mol. The molecule has 1 atom stereocenters. The number of likely N-dealkylation sites (N-methyl/N-ethyl adjacent to an activating group) is 1. The highest BCUT2D eigenvalue weighted by Gasteiger charge is 2.23. The minimum absolute atomic E-state index is 0.276. The molecule has 5 nitrogen and oxygen atoms in total. The van der Waals surface area contributed by atoms with Gasteiger partial charge >= 0.3 is 5.69 Å². The van der Waals surface area contributed by atoms with Crippen LogP contribution < -0.4 is 5.69 Å². The molecule has 2 rings (SSSR count). The van der Waals surface area contributed by atoms with Gasteiger partial charge in [-0.1, -0.05) is 0 Å². The zero-order valence-corrected chi connectivity index (χ0v) is 7.62. The molecule has 0 aromatic carbocycles. The number of nitrogens with one attached hydrogen (secondary N) is 1. The van der Waals surface area contributed by atoms with E-state index >= 15 is 0 Å². The van der Waals surface area contributed by atoms with Gasteiger partial charge in [0.25, 0.3) is 0 Å². The maximum atomic E-state index is 10.7. The van der Waals surface area contributed by atoms with Crippen LogP contribution in [0.4, 0.5) is 0 Å². The predicted molar refractivity (Wildman–Crippen MR) is 46.6 cm³/mol. The van der Waals surface area contributed by atoms with E-state index in [2.05, 4.69) is 22.1 Å². The number of aromatic amines is 1. The van der Waals surface area contributed by atoms with E-state index in [1.807, 2.05) is 0 Å². The van der Waals surface area contributed by atoms with Gasteiger partial charge in [0.2, 0.25) is 5.89 Å². The molecule has 0 radical (unpaired) electrons. The van der Waals surface area contributed by atoms with Crippen LogP contribution in [0.25, 0.3) is 0 Å². The summed E-state index contributed by atoms with van der Waals surface area (Å²) < 4.78 is 4.98. The van der Waals surface area contributed by atoms with Crippen molar-refractivity contribution in [1.82, 2.24) is 15.0 Å². The maximum Gasteiger partial charge on any atom is 0.377 e. The smallest absolute Gasteiger partial charge is 0.362 e. The Hall–Kier alpha value is -1.10. The molecule has 1 N–H and O–H groups in total. The molecule has 0 aliphatic carbocycles. The number of rotatable bonds is 1. The van der Waals surface area contributed by atoms with Crippen LogP contribution >= 0.6 is 0 Å². The quantitative estimate of drug-likeness (QED) is 0.674. The Morgan fingerprint density at radius 2 is 2.54 bits per heavy atom. The van der Waals surface area contributed by atoms with Crippen LogP contribution in [0.2, 0.25) is 0 Å². The second-order valence-electron chi connectivity index (χ2n) is 3.56. The van der Waals surface area contributed by atoms with E-state index in [4.69, 9.17) is 4.52 Å². The van der Waals surface area contributed by atoms with Gasteiger partial charge in [-0.05, 0) is 26.4 Å². The highest BCUT2D eigenvalue weighted by atomic mass is 16.5. The molecule has 0 amide bonds. The number of aromatic nitrogens is 2. The minimum Gasteiger partial charge on any atom is -0.362 e. The fourth-order valence-corrected chi connectivity index (χ4v) is 1.78. The maximum absolute atomic E-state index is 10.7. The molecular formula is C8H13N3O2. The molecular weight excluding hydrogens is 170 g/mol. The lowest BCUT2D eigenvalue weighted by atomic mass is 9.99. The predicted octanol–water partition coefficient (Wildman–Crippen LogP) is 0.172. The largest absolute Gasteiger partial charge is 0.377 e. The first kappa shape index (κ1) is 8.50. The third kappa shape index (κ3) is 1.80. The van der Waals surface area contributed by atoms with Crippen LogP contribution in [0, 0.1) is 0 Å². The minimum atomic E-state index is -0.386. The molecule has 1 fully saturated rings. The van der Waals surface area contributed by atoms with Crippen molar-refractivity contribution in [1.29, 1.82) is 0 Å². The second-order valence-corrected chi connectivity index (χ2v) is 3.56. The van der Waals surface area contributed by atoms with Crippen molar-refractivity contribution < 1.29 is 4.52 Å². The van der Waals surface area contributed by atoms with Crippen molar-refractivity contribution in [3.05, 3.63) is 16.4 Å². The average Bonchev–Trinajstić information content (AvgIpc) is 2.52. The molecule has 1 aliphatic rings. The Morgan fingerprint density at radius 3 is 3.15 bits per heavy atom. The Balaban J connectivity index is 2.12. The zero-order valence-electron chi connectivity index (χ0n) is 7.62. The van der Waals surface area contributed by atoms with Crippen LogP contribution in [0.5, 0.6) is 0 Å². The standard InChI is InChI=1S/C8H13N3O2/c1-11-4-2-3-6(5-11)7-9-8(12)10-13-7/h6H,2-5H2,1H3,(H,10,12). The number of hydrogen-bond acceptors (Lipinski definition) is 4. The molecule has 1 aliphatic heterocycles. The number of H-pyrrole nitrogens is 1. The topological polar surface area (TPSA) is 62.1 Å². The van der Waals surface area contributed by atoms with E-state index in [1.165, 1.54) is 0 Å². The van der Waals surface area contributed by atoms with Crippen molar-refractivity contribution in [2.45, 2.75) is 18.8 Å². The van der Waals surface area contributed by atoms with Crippen molar-refractivity contribution in [2.24, 2.45) is 0 Å². The number of hydrogen-bond donors (Lipinski definition) is 1. The molecule has 0 bridgehead atoms. The zero-order chi connectivity index (χ0) is 9.26. The summed E-state index contributed by atoms with van der Waals surface area (Å²) in [5, 5.41) is 2.22. The Bertz CT molecular complexity index is 330. The molecule has 72 valence electrons. The molecule has 1 unspecified atom stereocenters. The van der Waals surface area contributed by atoms with Crippen LogP contribution in [0.1, 0.15) is 24.7 Å². The first-order chi connectivity index (χ1) is 6.25. The fraction of sp³-hybridized carbons (Fsp3) is 0.750. The molecule has 0 spiro atoms. The lowest BCUT2D eigenvalue weighted by Gasteiger charge is -2.27. The lowest BCUT2D eigenvalue weighted by Crippen LogP contribution is -2.31. The summed E-state index contributed by atoms with van der Waals surface area (Å²) in [7, 11) is 2.07. The molecule has 13 heavy (non-hydrogen) atoms. The van der Waals surface area contributed by atoms with Gasteiger partial charge < -0.3 is 9.42 Å². The normalized spacial score (nSPS) is 24.8. The number of likely N-dealkylation sites (tertiary alicyclic amines) is 1. The van der Waals surface area contributed by atoms with Crippen molar-refractivity contribution >= 4 is 0 Å². The summed E-state index contributed by atoms with van der Waals surface area (Å²) in [4.78, 5) is 16.7. The first-order valence-corrected chi connectivity index (χ1v) is 4.49. The summed E-state index contributed by atoms with van der Waals surface area (Å²) in [5.74, 6) is 0.828. The van der Waals surface area contributed by atoms with E-state index < -0.39 is 0 Å². The van der Waals surface area contributed by atoms with Gasteiger partial charge in [-0.3, -0.25) is 0 Å². The van der Waals surface area contributed by atoms with E-state index in [0.29, 0.717) is 5.89 Å². The van der Waals surface area contributed by atoms with Gasteiger partial charge in [0.15, 0.2) is 0 Å². The third-order valence-corrected chi connectivity index (χ3v) is 2.43. The van der Waals surface area contributed by atoms with Gasteiger partial charge in [0.1, 0.15) is 0 Å². The van der Waals surface area contributed by atoms with Crippen LogP contribution in [0.15, 0.2) is 9.32 Å². The average molecular weight is 183 g/mol. The van der Waals surface area contributed by atoms with Crippen LogP contribution in [-0.4, -0.2) is 35.2 Å². The summed E-state index contributed by atoms with van der Waals surface area (Å²) in [6.45, 7) is 2.04. The van der Waals surface area contributed by atoms with Crippen molar-refractivity contribution in [3.8, 4) is 0 Å². The highest BCUT2D eigenvalue weighted by molar-refractivity contribution is 4.92. The summed E-state index contributed by atoms with van der Waals surface area (Å²) in [6.07, 6.45) is 2.19. The van der Waals surface area contributed by atoms with Gasteiger partial charge in [-0.2, -0.15) is 10.1 Å². The van der Waals surface area contributed by atoms with Gasteiger partial charge in [-0.25, -0.2) is 4.79 Å². The third-order valence-electron chi connectivity index (χ3n) is 2.43.